The summed E-state index contributed by atoms with van der Waals surface area (Å²) in [6, 6.07) is 2.10. The third kappa shape index (κ3) is 3.80. The van der Waals surface area contributed by atoms with Gasteiger partial charge in [-0.25, -0.2) is 0 Å². The van der Waals surface area contributed by atoms with Crippen molar-refractivity contribution in [1.29, 1.82) is 0 Å². The first-order valence-corrected chi connectivity index (χ1v) is 8.06. The molecule has 4 heteroatoms. The van der Waals surface area contributed by atoms with E-state index in [0.717, 1.165) is 10.4 Å². The van der Waals surface area contributed by atoms with Crippen molar-refractivity contribution in [2.75, 3.05) is 6.61 Å². The highest BCUT2D eigenvalue weighted by Gasteiger charge is 2.25. The van der Waals surface area contributed by atoms with Gasteiger partial charge in [-0.3, -0.25) is 4.79 Å². The van der Waals surface area contributed by atoms with Gasteiger partial charge in [0.1, 0.15) is 0 Å². The molecule has 1 saturated carbocycles. The molecule has 1 amide bonds. The van der Waals surface area contributed by atoms with Gasteiger partial charge in [0.05, 0.1) is 4.88 Å². The quantitative estimate of drug-likeness (QED) is 0.871. The lowest BCUT2D eigenvalue weighted by atomic mass is 9.82. The van der Waals surface area contributed by atoms with Gasteiger partial charge in [0.2, 0.25) is 0 Å². The average Bonchev–Trinajstić information content (AvgIpc) is 2.85. The van der Waals surface area contributed by atoms with Crippen molar-refractivity contribution in [2.24, 2.45) is 5.92 Å². The second-order valence-electron chi connectivity index (χ2n) is 5.42. The van der Waals surface area contributed by atoms with Crippen LogP contribution < -0.4 is 5.32 Å². The molecule has 0 spiro atoms. The molecule has 19 heavy (non-hydrogen) atoms. The number of carbonyl (C=O) groups is 1. The normalized spacial score (nSPS) is 18.2. The van der Waals surface area contributed by atoms with Crippen LogP contribution in [0.25, 0.3) is 0 Å². The van der Waals surface area contributed by atoms with Crippen LogP contribution in [0.4, 0.5) is 0 Å². The zero-order valence-electron chi connectivity index (χ0n) is 11.5. The summed E-state index contributed by atoms with van der Waals surface area (Å²) < 4.78 is 0. The van der Waals surface area contributed by atoms with Gasteiger partial charge in [-0.15, -0.1) is 11.3 Å². The maximum absolute atomic E-state index is 12.3. The first kappa shape index (κ1) is 14.5. The monoisotopic (exact) mass is 281 g/mol. The van der Waals surface area contributed by atoms with Crippen molar-refractivity contribution in [1.82, 2.24) is 5.32 Å². The molecule has 1 aliphatic carbocycles. The number of hydrogen-bond donors (Lipinski definition) is 2. The van der Waals surface area contributed by atoms with E-state index in [1.54, 1.807) is 0 Å². The third-order valence-corrected chi connectivity index (χ3v) is 5.06. The van der Waals surface area contributed by atoms with E-state index in [0.29, 0.717) is 12.3 Å². The van der Waals surface area contributed by atoms with Crippen LogP contribution in [0.3, 0.4) is 0 Å². The fraction of sp³-hybridized carbons (Fsp3) is 0.667. The number of hydrogen-bond acceptors (Lipinski definition) is 3. The van der Waals surface area contributed by atoms with Gasteiger partial charge in [-0.1, -0.05) is 19.3 Å². The average molecular weight is 281 g/mol. The summed E-state index contributed by atoms with van der Waals surface area (Å²) in [5.74, 6) is 0.557. The summed E-state index contributed by atoms with van der Waals surface area (Å²) in [5.41, 5.74) is 1.04. The van der Waals surface area contributed by atoms with E-state index >= 15 is 0 Å². The molecule has 1 heterocycles. The molecule has 106 valence electrons. The molecule has 0 aromatic carbocycles. The van der Waals surface area contributed by atoms with Crippen molar-refractivity contribution in [3.8, 4) is 0 Å². The Balaban J connectivity index is 1.99. The van der Waals surface area contributed by atoms with E-state index in [1.807, 2.05) is 18.4 Å². The molecule has 1 unspecified atom stereocenters. The molecular weight excluding hydrogens is 258 g/mol. The fourth-order valence-corrected chi connectivity index (χ4v) is 3.77. The maximum Gasteiger partial charge on any atom is 0.261 e. The number of carbonyl (C=O) groups excluding carboxylic acids is 1. The Bertz CT molecular complexity index is 410. The van der Waals surface area contributed by atoms with Gasteiger partial charge in [-0.05, 0) is 49.1 Å². The molecule has 1 aromatic rings. The van der Waals surface area contributed by atoms with Crippen LogP contribution in [0.15, 0.2) is 11.4 Å². The highest BCUT2D eigenvalue weighted by Crippen LogP contribution is 2.28. The molecule has 1 aliphatic rings. The van der Waals surface area contributed by atoms with Crippen molar-refractivity contribution in [2.45, 2.75) is 51.5 Å². The molecule has 2 N–H and O–H groups in total. The summed E-state index contributed by atoms with van der Waals surface area (Å²) in [7, 11) is 0. The SMILES string of the molecule is Cc1ccsc1C(=O)NC(CCO)C1CCCCC1. The van der Waals surface area contributed by atoms with Crippen LogP contribution in [-0.4, -0.2) is 23.7 Å². The van der Waals surface area contributed by atoms with E-state index in [1.165, 1.54) is 43.4 Å². The van der Waals surface area contributed by atoms with Gasteiger partial charge in [0, 0.05) is 12.6 Å². The molecular formula is C15H23NO2S. The number of thiophene rings is 1. The lowest BCUT2D eigenvalue weighted by Crippen LogP contribution is -2.41. The van der Waals surface area contributed by atoms with E-state index in [-0.39, 0.29) is 18.6 Å². The van der Waals surface area contributed by atoms with Crippen LogP contribution in [0.5, 0.6) is 0 Å². The number of amides is 1. The second kappa shape index (κ2) is 7.06. The van der Waals surface area contributed by atoms with Gasteiger partial charge < -0.3 is 10.4 Å². The minimum Gasteiger partial charge on any atom is -0.396 e. The zero-order valence-corrected chi connectivity index (χ0v) is 12.3. The van der Waals surface area contributed by atoms with Crippen LogP contribution in [0.1, 0.15) is 53.8 Å². The van der Waals surface area contributed by atoms with E-state index in [2.05, 4.69) is 5.32 Å². The number of nitrogens with one attached hydrogen (secondary N) is 1. The Hall–Kier alpha value is -0.870. The Kier molecular flexibility index (Phi) is 5.40. The van der Waals surface area contributed by atoms with Crippen LogP contribution in [0, 0.1) is 12.8 Å². The first-order valence-electron chi connectivity index (χ1n) is 7.18. The second-order valence-corrected chi connectivity index (χ2v) is 6.34. The number of aliphatic hydroxyl groups excluding tert-OH is 1. The van der Waals surface area contributed by atoms with Crippen molar-refractivity contribution < 1.29 is 9.90 Å². The third-order valence-electron chi connectivity index (χ3n) is 4.04. The summed E-state index contributed by atoms with van der Waals surface area (Å²) in [6.07, 6.45) is 6.82. The Morgan fingerprint density at radius 3 is 2.79 bits per heavy atom. The summed E-state index contributed by atoms with van der Waals surface area (Å²) in [5, 5.41) is 14.3. The lowest BCUT2D eigenvalue weighted by Gasteiger charge is -2.30. The number of aryl methyl sites for hydroxylation is 1. The minimum atomic E-state index is 0.0246. The van der Waals surface area contributed by atoms with Crippen molar-refractivity contribution >= 4 is 17.2 Å². The van der Waals surface area contributed by atoms with Gasteiger partial charge >= 0.3 is 0 Å². The van der Waals surface area contributed by atoms with E-state index in [4.69, 9.17) is 0 Å². The predicted molar refractivity (Wildman–Crippen MR) is 78.6 cm³/mol. The topological polar surface area (TPSA) is 49.3 Å². The molecule has 1 aromatic heterocycles. The molecule has 0 radical (unpaired) electrons. The zero-order chi connectivity index (χ0) is 13.7. The summed E-state index contributed by atoms with van der Waals surface area (Å²) in [6.45, 7) is 2.11. The molecule has 0 bridgehead atoms. The van der Waals surface area contributed by atoms with Crippen LogP contribution in [-0.2, 0) is 0 Å². The smallest absolute Gasteiger partial charge is 0.261 e. The number of aliphatic hydroxyl groups is 1. The van der Waals surface area contributed by atoms with E-state index < -0.39 is 0 Å². The Labute approximate surface area is 119 Å². The highest BCUT2D eigenvalue weighted by molar-refractivity contribution is 7.12. The summed E-state index contributed by atoms with van der Waals surface area (Å²) in [4.78, 5) is 13.1. The molecule has 1 fully saturated rings. The van der Waals surface area contributed by atoms with E-state index in [9.17, 15) is 9.90 Å². The lowest BCUT2D eigenvalue weighted by molar-refractivity contribution is 0.0903. The highest BCUT2D eigenvalue weighted by atomic mass is 32.1. The van der Waals surface area contributed by atoms with Gasteiger partial charge in [0.15, 0.2) is 0 Å². The fourth-order valence-electron chi connectivity index (χ4n) is 2.94. The van der Waals surface area contributed by atoms with Crippen LogP contribution in [0.2, 0.25) is 0 Å². The predicted octanol–water partition coefficient (Wildman–Crippen LogP) is 3.12. The number of rotatable bonds is 5. The molecule has 0 aliphatic heterocycles. The molecule has 0 saturated heterocycles. The first-order chi connectivity index (χ1) is 9.22. The van der Waals surface area contributed by atoms with Gasteiger partial charge in [0.25, 0.3) is 5.91 Å². The van der Waals surface area contributed by atoms with Gasteiger partial charge in [-0.2, -0.15) is 0 Å². The maximum atomic E-state index is 12.3. The molecule has 3 nitrogen and oxygen atoms in total. The molecule has 1 atom stereocenters. The Morgan fingerprint density at radius 2 is 2.21 bits per heavy atom. The van der Waals surface area contributed by atoms with Crippen molar-refractivity contribution in [3.63, 3.8) is 0 Å². The van der Waals surface area contributed by atoms with Crippen molar-refractivity contribution in [3.05, 3.63) is 21.9 Å². The largest absolute Gasteiger partial charge is 0.396 e. The van der Waals surface area contributed by atoms with Crippen LogP contribution >= 0.6 is 11.3 Å². The summed E-state index contributed by atoms with van der Waals surface area (Å²) >= 11 is 1.49. The molecule has 2 rings (SSSR count). The standard InChI is InChI=1S/C15H23NO2S/c1-11-8-10-19-14(11)15(18)16-13(7-9-17)12-5-3-2-4-6-12/h8,10,12-13,17H,2-7,9H2,1H3,(H,16,18). The minimum absolute atomic E-state index is 0.0246. The Morgan fingerprint density at radius 1 is 1.47 bits per heavy atom.